The van der Waals surface area contributed by atoms with Crippen molar-refractivity contribution in [2.24, 2.45) is 11.8 Å². The molecule has 0 rings (SSSR count). The van der Waals surface area contributed by atoms with Crippen LogP contribution < -0.4 is 0 Å². The second-order valence-electron chi connectivity index (χ2n) is 24.5. The Bertz CT molecular complexity index is 1650. The summed E-state index contributed by atoms with van der Waals surface area (Å²) in [6.45, 7) is 9.41. The Morgan fingerprint density at radius 3 is 0.810 bits per heavy atom. The molecule has 0 aliphatic heterocycles. The topological polar surface area (TPSA) is 237 Å². The van der Waals surface area contributed by atoms with Crippen molar-refractivity contribution in [2.45, 2.75) is 342 Å². The van der Waals surface area contributed by atoms with Crippen LogP contribution in [0.4, 0.5) is 0 Å². The van der Waals surface area contributed by atoms with Crippen LogP contribution in [0, 0.1) is 11.8 Å². The number of phosphoric ester groups is 2. The fourth-order valence-electron chi connectivity index (χ4n) is 9.71. The smallest absolute Gasteiger partial charge is 0.462 e. The average molecular weight is 1240 g/mol. The molecule has 0 aliphatic carbocycles. The lowest BCUT2D eigenvalue weighted by Crippen LogP contribution is -2.30. The number of ether oxygens (including phenoxy) is 4. The fourth-order valence-corrected chi connectivity index (χ4v) is 11.3. The number of hydrogen-bond acceptors (Lipinski definition) is 15. The molecule has 0 saturated heterocycles. The van der Waals surface area contributed by atoms with Gasteiger partial charge in [-0.05, 0) is 37.5 Å². The molecule has 0 heterocycles. The maximum absolute atomic E-state index is 13.0. The molecule has 0 bridgehead atoms. The van der Waals surface area contributed by atoms with E-state index in [-0.39, 0.29) is 25.7 Å². The van der Waals surface area contributed by atoms with E-state index in [0.29, 0.717) is 31.6 Å². The molecule has 0 saturated carbocycles. The molecule has 84 heavy (non-hydrogen) atoms. The molecular formula is C65H126O17P2. The van der Waals surface area contributed by atoms with E-state index < -0.39 is 97.5 Å². The van der Waals surface area contributed by atoms with Gasteiger partial charge in [0.25, 0.3) is 0 Å². The Hall–Kier alpha value is -1.94. The van der Waals surface area contributed by atoms with Gasteiger partial charge in [0.15, 0.2) is 12.2 Å². The van der Waals surface area contributed by atoms with Gasteiger partial charge in [0.1, 0.15) is 19.3 Å². The average Bonchev–Trinajstić information content (AvgIpc) is 3.49. The summed E-state index contributed by atoms with van der Waals surface area (Å²) in [4.78, 5) is 72.2. The van der Waals surface area contributed by atoms with E-state index in [9.17, 15) is 43.2 Å². The van der Waals surface area contributed by atoms with Gasteiger partial charge in [-0.2, -0.15) is 0 Å². The van der Waals surface area contributed by atoms with Crippen molar-refractivity contribution < 1.29 is 80.2 Å². The maximum Gasteiger partial charge on any atom is 0.472 e. The predicted octanol–water partition coefficient (Wildman–Crippen LogP) is 18.0. The highest BCUT2D eigenvalue weighted by Gasteiger charge is 2.30. The van der Waals surface area contributed by atoms with Crippen molar-refractivity contribution in [1.82, 2.24) is 0 Å². The first-order valence-electron chi connectivity index (χ1n) is 34.0. The van der Waals surface area contributed by atoms with Crippen LogP contribution in [0.1, 0.15) is 324 Å². The zero-order chi connectivity index (χ0) is 62.2. The van der Waals surface area contributed by atoms with E-state index in [0.717, 1.165) is 102 Å². The van der Waals surface area contributed by atoms with Crippen LogP contribution in [-0.2, 0) is 65.4 Å². The lowest BCUT2D eigenvalue weighted by molar-refractivity contribution is -0.161. The summed E-state index contributed by atoms with van der Waals surface area (Å²) in [6, 6.07) is 0. The summed E-state index contributed by atoms with van der Waals surface area (Å²) in [6.07, 6.45) is 40.3. The van der Waals surface area contributed by atoms with Crippen molar-refractivity contribution in [1.29, 1.82) is 0 Å². The third-order valence-electron chi connectivity index (χ3n) is 15.0. The van der Waals surface area contributed by atoms with Crippen LogP contribution in [-0.4, -0.2) is 96.7 Å². The third kappa shape index (κ3) is 59.0. The van der Waals surface area contributed by atoms with Crippen molar-refractivity contribution in [2.75, 3.05) is 39.6 Å². The third-order valence-corrected chi connectivity index (χ3v) is 16.9. The molecule has 19 heteroatoms. The Balaban J connectivity index is 5.24. The van der Waals surface area contributed by atoms with E-state index in [1.807, 2.05) is 0 Å². The highest BCUT2D eigenvalue weighted by atomic mass is 31.2. The number of unbranched alkanes of at least 4 members (excludes halogenated alkanes) is 34. The number of hydrogen-bond donors (Lipinski definition) is 3. The first kappa shape index (κ1) is 82.1. The number of aliphatic hydroxyl groups excluding tert-OH is 1. The van der Waals surface area contributed by atoms with Gasteiger partial charge in [-0.3, -0.25) is 37.3 Å². The Morgan fingerprint density at radius 1 is 0.321 bits per heavy atom. The number of phosphoric acid groups is 2. The Kier molecular flexibility index (Phi) is 56.2. The predicted molar refractivity (Wildman–Crippen MR) is 335 cm³/mol. The first-order valence-corrected chi connectivity index (χ1v) is 37.0. The van der Waals surface area contributed by atoms with Gasteiger partial charge in [-0.15, -0.1) is 0 Å². The Morgan fingerprint density at radius 2 is 0.548 bits per heavy atom. The molecule has 0 aromatic heterocycles. The standard InChI is InChI=1S/C65H126O17P2/c1-7-9-11-13-15-17-20-25-28-35-41-47-62(67)75-53-60(81-65(70)50-44-38-30-26-22-19-21-23-27-33-39-45-57(3)4)55-79-83(71,72)77-51-59(66)52-78-84(73,74)80-56-61(54-76-63(68)48-42-36-32-31-34-40-46-58(5)6)82-64(69)49-43-37-29-24-18-16-14-12-10-8-2/h57-61,66H,7-56H2,1-6H3,(H,71,72)(H,73,74)/t59-,60-,61-/m1/s1. The van der Waals surface area contributed by atoms with E-state index in [2.05, 4.69) is 41.5 Å². The van der Waals surface area contributed by atoms with Crippen LogP contribution in [0.25, 0.3) is 0 Å². The Labute approximate surface area is 511 Å². The normalized spacial score (nSPS) is 14.3. The molecule has 0 aliphatic rings. The molecule has 5 atom stereocenters. The minimum Gasteiger partial charge on any atom is -0.462 e. The number of esters is 4. The second kappa shape index (κ2) is 57.5. The summed E-state index contributed by atoms with van der Waals surface area (Å²) in [7, 11) is -9.89. The summed E-state index contributed by atoms with van der Waals surface area (Å²) in [5.74, 6) is -0.688. The van der Waals surface area contributed by atoms with Crippen molar-refractivity contribution >= 4 is 39.5 Å². The summed E-state index contributed by atoms with van der Waals surface area (Å²) in [5.41, 5.74) is 0. The molecule has 0 amide bonds. The fraction of sp³-hybridized carbons (Fsp3) is 0.938. The lowest BCUT2D eigenvalue weighted by atomic mass is 10.0. The van der Waals surface area contributed by atoms with Gasteiger partial charge in [-0.25, -0.2) is 9.13 Å². The molecular weight excluding hydrogens is 1110 g/mol. The molecule has 0 aromatic carbocycles. The monoisotopic (exact) mass is 1240 g/mol. The minimum atomic E-state index is -4.95. The highest BCUT2D eigenvalue weighted by molar-refractivity contribution is 7.47. The molecule has 0 spiro atoms. The van der Waals surface area contributed by atoms with Crippen molar-refractivity contribution in [3.05, 3.63) is 0 Å². The van der Waals surface area contributed by atoms with Gasteiger partial charge < -0.3 is 33.8 Å². The van der Waals surface area contributed by atoms with Crippen LogP contribution in [0.5, 0.6) is 0 Å². The SMILES string of the molecule is CCCCCCCCCCCCCC(=O)OC[C@H](COP(=O)(O)OC[C@@H](O)COP(=O)(O)OC[C@@H](COC(=O)CCCCCCCCC(C)C)OC(=O)CCCCCCCCCCCC)OC(=O)CCCCCCCCCCCCCC(C)C. The molecule has 0 radical (unpaired) electrons. The lowest BCUT2D eigenvalue weighted by Gasteiger charge is -2.21. The number of carbonyl (C=O) groups excluding carboxylic acids is 4. The van der Waals surface area contributed by atoms with Crippen LogP contribution >= 0.6 is 15.6 Å². The van der Waals surface area contributed by atoms with E-state index >= 15 is 0 Å². The molecule has 3 N–H and O–H groups in total. The van der Waals surface area contributed by atoms with Crippen molar-refractivity contribution in [3.8, 4) is 0 Å². The first-order chi connectivity index (χ1) is 40.4. The van der Waals surface area contributed by atoms with E-state index in [4.69, 9.17) is 37.0 Å². The van der Waals surface area contributed by atoms with Crippen molar-refractivity contribution in [3.63, 3.8) is 0 Å². The summed E-state index contributed by atoms with van der Waals surface area (Å²) in [5, 5.41) is 10.5. The van der Waals surface area contributed by atoms with Gasteiger partial charge >= 0.3 is 39.5 Å². The van der Waals surface area contributed by atoms with Gasteiger partial charge in [0.05, 0.1) is 26.4 Å². The van der Waals surface area contributed by atoms with Gasteiger partial charge in [0.2, 0.25) is 0 Å². The maximum atomic E-state index is 13.0. The molecule has 2 unspecified atom stereocenters. The largest absolute Gasteiger partial charge is 0.472 e. The summed E-state index contributed by atoms with van der Waals surface area (Å²) >= 11 is 0. The van der Waals surface area contributed by atoms with E-state index in [1.54, 1.807) is 0 Å². The quantitative estimate of drug-likeness (QED) is 0.0222. The van der Waals surface area contributed by atoms with Gasteiger partial charge in [-0.1, -0.05) is 273 Å². The van der Waals surface area contributed by atoms with Crippen LogP contribution in [0.15, 0.2) is 0 Å². The summed E-state index contributed by atoms with van der Waals surface area (Å²) < 4.78 is 68.0. The van der Waals surface area contributed by atoms with Crippen LogP contribution in [0.2, 0.25) is 0 Å². The van der Waals surface area contributed by atoms with E-state index in [1.165, 1.54) is 135 Å². The minimum absolute atomic E-state index is 0.105. The molecule has 17 nitrogen and oxygen atoms in total. The molecule has 0 aromatic rings. The zero-order valence-corrected chi connectivity index (χ0v) is 56.0. The second-order valence-corrected chi connectivity index (χ2v) is 27.4. The number of rotatable bonds is 64. The van der Waals surface area contributed by atoms with Gasteiger partial charge in [0, 0.05) is 25.7 Å². The molecule has 498 valence electrons. The van der Waals surface area contributed by atoms with Crippen LogP contribution in [0.3, 0.4) is 0 Å². The number of aliphatic hydroxyl groups is 1. The number of carbonyl (C=O) groups is 4. The zero-order valence-electron chi connectivity index (χ0n) is 54.2. The molecule has 0 fully saturated rings. The highest BCUT2D eigenvalue weighted by Crippen LogP contribution is 2.45.